The van der Waals surface area contributed by atoms with Crippen molar-refractivity contribution >= 4 is 29.5 Å². The SMILES string of the molecule is CC(CCC(=O)OCCOCCOCCOCCOCCN=[N+]=[N-])C1CC[C@H]2[C@@H]3CC[C@@H]4C[C@H](OC(=O)C(CC(=O)O)NC(=O)c5ccc([N+](=O)[O-])cc5)CC[C@]4(C)[C@H]3CC[C@]12C. The van der Waals surface area contributed by atoms with Crippen molar-refractivity contribution in [3.63, 3.8) is 0 Å². The number of carboxylic acids is 1. The average molecular weight is 886 g/mol. The highest BCUT2D eigenvalue weighted by Gasteiger charge is 2.60. The lowest BCUT2D eigenvalue weighted by Gasteiger charge is -2.61. The van der Waals surface area contributed by atoms with E-state index >= 15 is 0 Å². The summed E-state index contributed by atoms with van der Waals surface area (Å²) in [4.78, 5) is 63.7. The number of rotatable bonds is 26. The van der Waals surface area contributed by atoms with Gasteiger partial charge in [0, 0.05) is 35.6 Å². The van der Waals surface area contributed by atoms with Crippen LogP contribution in [-0.4, -0.2) is 112 Å². The van der Waals surface area contributed by atoms with Gasteiger partial charge >= 0.3 is 17.9 Å². The van der Waals surface area contributed by atoms with Crippen LogP contribution in [0.2, 0.25) is 0 Å². The minimum Gasteiger partial charge on any atom is -0.481 e. The van der Waals surface area contributed by atoms with E-state index < -0.39 is 35.2 Å². The third-order valence-electron chi connectivity index (χ3n) is 14.8. The smallest absolute Gasteiger partial charge is 0.329 e. The molecule has 4 saturated carbocycles. The molecule has 0 bridgehead atoms. The Hall–Kier alpha value is -4.35. The summed E-state index contributed by atoms with van der Waals surface area (Å²) in [5.74, 6) is 0.219. The van der Waals surface area contributed by atoms with Crippen LogP contribution in [0.15, 0.2) is 29.4 Å². The van der Waals surface area contributed by atoms with Crippen molar-refractivity contribution in [2.24, 2.45) is 51.5 Å². The molecule has 1 aromatic carbocycles. The molecule has 5 rings (SSSR count). The summed E-state index contributed by atoms with van der Waals surface area (Å²) in [7, 11) is 0. The highest BCUT2D eigenvalue weighted by molar-refractivity contribution is 5.97. The number of non-ortho nitro benzene ring substituents is 1. The quantitative estimate of drug-likeness (QED) is 0.0180. The minimum absolute atomic E-state index is 0.0681. The maximum Gasteiger partial charge on any atom is 0.329 e. The molecule has 0 heterocycles. The van der Waals surface area contributed by atoms with Crippen molar-refractivity contribution in [1.82, 2.24) is 5.32 Å². The van der Waals surface area contributed by atoms with Crippen LogP contribution in [0.3, 0.4) is 0 Å². The number of azide groups is 1. The topological polar surface area (TPSA) is 248 Å². The number of carboxylic acid groups (broad SMARTS) is 1. The molecule has 0 radical (unpaired) electrons. The Morgan fingerprint density at radius 3 is 2.13 bits per heavy atom. The van der Waals surface area contributed by atoms with Gasteiger partial charge in [0.05, 0.1) is 64.2 Å². The zero-order chi connectivity index (χ0) is 45.4. The summed E-state index contributed by atoms with van der Waals surface area (Å²) < 4.78 is 33.1. The van der Waals surface area contributed by atoms with Crippen molar-refractivity contribution in [3.8, 4) is 0 Å². The summed E-state index contributed by atoms with van der Waals surface area (Å²) in [6.45, 7) is 11.0. The maximum atomic E-state index is 13.4. The molecule has 18 heteroatoms. The van der Waals surface area contributed by atoms with Crippen LogP contribution in [0.5, 0.6) is 0 Å². The first-order valence-electron chi connectivity index (χ1n) is 22.7. The summed E-state index contributed by atoms with van der Waals surface area (Å²) in [5, 5.41) is 26.4. The highest BCUT2D eigenvalue weighted by atomic mass is 16.6. The fraction of sp³-hybridized carbons (Fsp3) is 0.778. The van der Waals surface area contributed by atoms with Crippen molar-refractivity contribution in [2.75, 3.05) is 66.0 Å². The fourth-order valence-corrected chi connectivity index (χ4v) is 11.6. The summed E-state index contributed by atoms with van der Waals surface area (Å²) in [6.07, 6.45) is 9.35. The molecule has 2 N–H and O–H groups in total. The molecule has 0 saturated heterocycles. The highest BCUT2D eigenvalue weighted by Crippen LogP contribution is 2.68. The van der Waals surface area contributed by atoms with E-state index in [-0.39, 0.29) is 40.8 Å². The molecule has 1 amide bonds. The summed E-state index contributed by atoms with van der Waals surface area (Å²) in [5.41, 5.74) is 8.43. The Morgan fingerprint density at radius 1 is 0.873 bits per heavy atom. The summed E-state index contributed by atoms with van der Waals surface area (Å²) >= 11 is 0. The lowest BCUT2D eigenvalue weighted by Crippen LogP contribution is -2.54. The van der Waals surface area contributed by atoms with Gasteiger partial charge in [-0.2, -0.15) is 0 Å². The molecular weight excluding hydrogens is 819 g/mol. The molecular formula is C45H67N5O13. The molecule has 3 unspecified atom stereocenters. The lowest BCUT2D eigenvalue weighted by atomic mass is 9.44. The number of fused-ring (bicyclic) bond motifs is 5. The van der Waals surface area contributed by atoms with Crippen molar-refractivity contribution in [3.05, 3.63) is 50.4 Å². The van der Waals surface area contributed by atoms with Crippen molar-refractivity contribution < 1.29 is 57.6 Å². The first-order valence-corrected chi connectivity index (χ1v) is 22.7. The maximum absolute atomic E-state index is 13.4. The Kier molecular flexibility index (Phi) is 19.0. The Labute approximate surface area is 369 Å². The number of aliphatic carboxylic acids is 1. The molecule has 4 aliphatic carbocycles. The van der Waals surface area contributed by atoms with E-state index in [0.717, 1.165) is 38.5 Å². The number of nitro benzene ring substituents is 1. The third-order valence-corrected chi connectivity index (χ3v) is 14.8. The van der Waals surface area contributed by atoms with E-state index in [1.54, 1.807) is 0 Å². The average Bonchev–Trinajstić information content (AvgIpc) is 3.62. The molecule has 350 valence electrons. The van der Waals surface area contributed by atoms with E-state index in [2.05, 4.69) is 36.1 Å². The van der Waals surface area contributed by atoms with Gasteiger partial charge in [-0.15, -0.1) is 0 Å². The predicted molar refractivity (Wildman–Crippen MR) is 228 cm³/mol. The van der Waals surface area contributed by atoms with Gasteiger partial charge in [0.1, 0.15) is 18.8 Å². The fourth-order valence-electron chi connectivity index (χ4n) is 11.6. The lowest BCUT2D eigenvalue weighted by molar-refractivity contribution is -0.384. The number of ether oxygens (including phenoxy) is 6. The zero-order valence-electron chi connectivity index (χ0n) is 37.1. The number of nitro groups is 1. The standard InChI is InChI=1S/C45H67N5O13/c1-30(4-13-41(53)62-27-26-61-25-24-60-23-22-59-21-20-58-19-18-47-49-46)36-11-12-37-35-10-7-32-28-34(14-16-44(32,2)38(35)15-17-45(36,37)3)63-43(55)39(29-40(51)52)48-42(54)31-5-8-33(9-6-31)50(56)57/h5-6,8-9,30,32,34-39H,4,7,10-29H2,1-3H3,(H,48,54)(H,51,52)/t30?,32-,34-,35+,36?,37+,38+,39?,44+,45-/m1/s1. The van der Waals surface area contributed by atoms with Crippen LogP contribution in [0, 0.1) is 56.5 Å². The number of nitrogens with zero attached hydrogens (tertiary/aromatic N) is 4. The van der Waals surface area contributed by atoms with Crippen LogP contribution in [-0.2, 0) is 42.8 Å². The number of amides is 1. The van der Waals surface area contributed by atoms with E-state index in [4.69, 9.17) is 34.0 Å². The molecule has 1 aromatic rings. The normalized spacial score (nSPS) is 28.2. The molecule has 18 nitrogen and oxygen atoms in total. The van der Waals surface area contributed by atoms with E-state index in [1.807, 2.05) is 0 Å². The number of carbonyl (C=O) groups is 4. The monoisotopic (exact) mass is 885 g/mol. The molecule has 63 heavy (non-hydrogen) atoms. The molecule has 0 aromatic heterocycles. The molecule has 4 fully saturated rings. The van der Waals surface area contributed by atoms with Crippen LogP contribution in [0.4, 0.5) is 5.69 Å². The van der Waals surface area contributed by atoms with Crippen LogP contribution in [0.25, 0.3) is 10.4 Å². The first-order chi connectivity index (χ1) is 30.3. The van der Waals surface area contributed by atoms with Gasteiger partial charge in [0.25, 0.3) is 11.6 Å². The first kappa shape index (κ1) is 49.7. The van der Waals surface area contributed by atoms with E-state index in [9.17, 15) is 34.4 Å². The number of esters is 2. The second kappa shape index (κ2) is 24.1. The van der Waals surface area contributed by atoms with E-state index in [0.29, 0.717) is 114 Å². The number of hydrogen-bond acceptors (Lipinski definition) is 13. The number of carbonyl (C=O) groups excluding carboxylic acids is 3. The zero-order valence-corrected chi connectivity index (χ0v) is 37.1. The second-order valence-electron chi connectivity index (χ2n) is 18.3. The van der Waals surface area contributed by atoms with E-state index in [1.165, 1.54) is 37.1 Å². The van der Waals surface area contributed by atoms with Gasteiger partial charge in [-0.3, -0.25) is 24.5 Å². The molecule has 10 atom stereocenters. The largest absolute Gasteiger partial charge is 0.481 e. The molecule has 4 aliphatic rings. The Morgan fingerprint density at radius 2 is 1.49 bits per heavy atom. The second-order valence-corrected chi connectivity index (χ2v) is 18.3. The van der Waals surface area contributed by atoms with Gasteiger partial charge in [-0.25, -0.2) is 4.79 Å². The van der Waals surface area contributed by atoms with Gasteiger partial charge in [-0.05, 0) is 128 Å². The van der Waals surface area contributed by atoms with Crippen molar-refractivity contribution in [2.45, 2.75) is 110 Å². The molecule has 0 spiro atoms. The number of nitrogens with one attached hydrogen (secondary N) is 1. The van der Waals surface area contributed by atoms with Gasteiger partial charge < -0.3 is 38.8 Å². The number of benzene rings is 1. The predicted octanol–water partition coefficient (Wildman–Crippen LogP) is 7.07. The van der Waals surface area contributed by atoms with Gasteiger partial charge in [-0.1, -0.05) is 25.9 Å². The minimum atomic E-state index is -1.40. The summed E-state index contributed by atoms with van der Waals surface area (Å²) in [6, 6.07) is 3.47. The van der Waals surface area contributed by atoms with Crippen molar-refractivity contribution in [1.29, 1.82) is 0 Å². The molecule has 0 aliphatic heterocycles. The van der Waals surface area contributed by atoms with Crippen LogP contribution < -0.4 is 5.32 Å². The van der Waals surface area contributed by atoms with Crippen LogP contribution in [0.1, 0.15) is 108 Å². The Bertz CT molecular complexity index is 1740. The third kappa shape index (κ3) is 13.6. The Balaban J connectivity index is 0.995. The van der Waals surface area contributed by atoms with Crippen LogP contribution >= 0.6 is 0 Å². The van der Waals surface area contributed by atoms with Gasteiger partial charge in [0.15, 0.2) is 0 Å². The van der Waals surface area contributed by atoms with Gasteiger partial charge in [0.2, 0.25) is 0 Å². The number of hydrogen-bond donors (Lipinski definition) is 2.